The Kier molecular flexibility index (Phi) is 3.74. The van der Waals surface area contributed by atoms with E-state index in [9.17, 15) is 26.7 Å². The van der Waals surface area contributed by atoms with Gasteiger partial charge < -0.3 is 10.0 Å². The monoisotopic (exact) mass is 323 g/mol. The molecule has 0 unspecified atom stereocenters. The van der Waals surface area contributed by atoms with Gasteiger partial charge in [-0.1, -0.05) is 26.0 Å². The average Bonchev–Trinajstić information content (AvgIpc) is 2.33. The van der Waals surface area contributed by atoms with Gasteiger partial charge >= 0.3 is 5.51 Å². The zero-order valence-electron chi connectivity index (χ0n) is 11.6. The lowest BCUT2D eigenvalue weighted by molar-refractivity contribution is -0.0437. The Balaban J connectivity index is 2.38. The van der Waals surface area contributed by atoms with Crippen molar-refractivity contribution in [1.82, 2.24) is 0 Å². The third-order valence-corrected chi connectivity index (χ3v) is 5.34. The molecule has 0 amide bonds. The number of nitrogens with zero attached hydrogens (tertiary/aromatic N) is 1. The molecule has 8 heteroatoms. The molecule has 21 heavy (non-hydrogen) atoms. The fraction of sp³-hybridized carbons (Fsp3) is 0.538. The van der Waals surface area contributed by atoms with Gasteiger partial charge in [0.15, 0.2) is 0 Å². The van der Waals surface area contributed by atoms with Crippen LogP contribution in [-0.4, -0.2) is 37.7 Å². The van der Waals surface area contributed by atoms with E-state index in [-0.39, 0.29) is 24.7 Å². The molecule has 1 aromatic carbocycles. The Morgan fingerprint density at radius 1 is 1.24 bits per heavy atom. The number of aliphatic hydroxyl groups is 1. The van der Waals surface area contributed by atoms with Crippen LogP contribution in [0.5, 0.6) is 0 Å². The Bertz CT molecular complexity index is 634. The van der Waals surface area contributed by atoms with E-state index in [0.717, 1.165) is 6.07 Å². The summed E-state index contributed by atoms with van der Waals surface area (Å²) >= 11 is 0. The molecule has 0 radical (unpaired) electrons. The SMILES string of the molecule is CC(C)C1(O)CN(c2ccccc2S(=O)(=O)C(F)(F)F)C1. The van der Waals surface area contributed by atoms with Gasteiger partial charge in [0.1, 0.15) is 5.60 Å². The molecular formula is C13H16F3NO3S. The molecule has 1 N–H and O–H groups in total. The van der Waals surface area contributed by atoms with Gasteiger partial charge in [-0.25, -0.2) is 8.42 Å². The third-order valence-electron chi connectivity index (χ3n) is 3.80. The molecule has 0 aromatic heterocycles. The second-order valence-corrected chi connectivity index (χ2v) is 7.44. The molecule has 0 bridgehead atoms. The van der Waals surface area contributed by atoms with Gasteiger partial charge in [-0.15, -0.1) is 0 Å². The zero-order chi connectivity index (χ0) is 16.1. The number of β-amino-alcohol motifs (C(OH)–C–C–N with tert-alkyl or cyclic N) is 1. The summed E-state index contributed by atoms with van der Waals surface area (Å²) in [6, 6.07) is 4.97. The smallest absolute Gasteiger partial charge is 0.386 e. The van der Waals surface area contributed by atoms with Crippen molar-refractivity contribution in [2.45, 2.75) is 29.9 Å². The molecule has 1 aliphatic heterocycles. The van der Waals surface area contributed by atoms with E-state index in [4.69, 9.17) is 0 Å². The number of alkyl halides is 3. The van der Waals surface area contributed by atoms with Crippen LogP contribution < -0.4 is 4.90 Å². The summed E-state index contributed by atoms with van der Waals surface area (Å²) in [7, 11) is -5.41. The Labute approximate surface area is 121 Å². The molecule has 0 atom stereocenters. The predicted octanol–water partition coefficient (Wildman–Crippen LogP) is 2.19. The highest BCUT2D eigenvalue weighted by Gasteiger charge is 2.50. The average molecular weight is 323 g/mol. The van der Waals surface area contributed by atoms with Crippen LogP contribution in [0.15, 0.2) is 29.2 Å². The van der Waals surface area contributed by atoms with Crippen molar-refractivity contribution in [1.29, 1.82) is 0 Å². The predicted molar refractivity (Wildman–Crippen MR) is 71.7 cm³/mol. The van der Waals surface area contributed by atoms with Crippen molar-refractivity contribution in [2.24, 2.45) is 5.92 Å². The minimum Gasteiger partial charge on any atom is -0.386 e. The number of hydrogen-bond donors (Lipinski definition) is 1. The van der Waals surface area contributed by atoms with Crippen molar-refractivity contribution < 1.29 is 26.7 Å². The fourth-order valence-electron chi connectivity index (χ4n) is 2.22. The lowest BCUT2D eigenvalue weighted by Gasteiger charge is -2.50. The summed E-state index contributed by atoms with van der Waals surface area (Å²) in [5.74, 6) is -0.0693. The maximum Gasteiger partial charge on any atom is 0.501 e. The first-order chi connectivity index (χ1) is 9.49. The van der Waals surface area contributed by atoms with Crippen LogP contribution in [0.25, 0.3) is 0 Å². The molecule has 1 heterocycles. The second kappa shape index (κ2) is 4.88. The summed E-state index contributed by atoms with van der Waals surface area (Å²) in [5, 5.41) is 10.2. The van der Waals surface area contributed by atoms with Crippen LogP contribution in [0.2, 0.25) is 0 Å². The number of anilines is 1. The van der Waals surface area contributed by atoms with Crippen molar-refractivity contribution in [3.05, 3.63) is 24.3 Å². The van der Waals surface area contributed by atoms with Crippen LogP contribution in [0.4, 0.5) is 18.9 Å². The Morgan fingerprint density at radius 2 is 1.76 bits per heavy atom. The molecule has 4 nitrogen and oxygen atoms in total. The van der Waals surface area contributed by atoms with Gasteiger partial charge in [0.05, 0.1) is 10.6 Å². The number of halogens is 3. The van der Waals surface area contributed by atoms with E-state index in [0.29, 0.717) is 0 Å². The first-order valence-corrected chi connectivity index (χ1v) is 7.85. The molecule has 1 aliphatic rings. The second-order valence-electron chi connectivity index (χ2n) is 5.53. The maximum atomic E-state index is 12.7. The van der Waals surface area contributed by atoms with Gasteiger partial charge in [-0.2, -0.15) is 13.2 Å². The van der Waals surface area contributed by atoms with Gasteiger partial charge in [-0.05, 0) is 18.1 Å². The molecule has 0 aliphatic carbocycles. The minimum absolute atomic E-state index is 0.0276. The van der Waals surface area contributed by atoms with E-state index < -0.39 is 25.8 Å². The lowest BCUT2D eigenvalue weighted by Crippen LogP contribution is -2.65. The number of benzene rings is 1. The molecule has 118 valence electrons. The van der Waals surface area contributed by atoms with Crippen molar-refractivity contribution in [3.63, 3.8) is 0 Å². The summed E-state index contributed by atoms with van der Waals surface area (Å²) in [6.07, 6.45) is 0. The standard InChI is InChI=1S/C13H16F3NO3S/c1-9(2)12(18)7-17(8-12)10-5-3-4-6-11(10)21(19,20)13(14,15)16/h3-6,9,18H,7-8H2,1-2H3. The molecule has 1 saturated heterocycles. The Morgan fingerprint density at radius 3 is 2.24 bits per heavy atom. The topological polar surface area (TPSA) is 57.6 Å². The summed E-state index contributed by atoms with van der Waals surface area (Å²) < 4.78 is 61.3. The summed E-state index contributed by atoms with van der Waals surface area (Å²) in [5.41, 5.74) is -6.38. The van der Waals surface area contributed by atoms with Gasteiger partial charge in [0.25, 0.3) is 9.84 Å². The van der Waals surface area contributed by atoms with Crippen LogP contribution in [0.3, 0.4) is 0 Å². The first kappa shape index (κ1) is 16.1. The molecule has 1 aromatic rings. The maximum absolute atomic E-state index is 12.7. The van der Waals surface area contributed by atoms with E-state index in [1.807, 2.05) is 0 Å². The van der Waals surface area contributed by atoms with Crippen LogP contribution >= 0.6 is 0 Å². The molecule has 0 saturated carbocycles. The van der Waals surface area contributed by atoms with E-state index in [2.05, 4.69) is 0 Å². The van der Waals surface area contributed by atoms with Crippen LogP contribution in [0.1, 0.15) is 13.8 Å². The molecule has 0 spiro atoms. The highest BCUT2D eigenvalue weighted by atomic mass is 32.2. The first-order valence-electron chi connectivity index (χ1n) is 6.37. The van der Waals surface area contributed by atoms with Crippen molar-refractivity contribution in [3.8, 4) is 0 Å². The normalized spacial score (nSPS) is 18.7. The largest absolute Gasteiger partial charge is 0.501 e. The molecule has 1 fully saturated rings. The summed E-state index contributed by atoms with van der Waals surface area (Å²) in [4.78, 5) is 0.668. The van der Waals surface area contributed by atoms with E-state index in [1.165, 1.54) is 23.1 Å². The number of hydrogen-bond acceptors (Lipinski definition) is 4. The van der Waals surface area contributed by atoms with Crippen LogP contribution in [0, 0.1) is 5.92 Å². The van der Waals surface area contributed by atoms with Gasteiger partial charge in [0.2, 0.25) is 0 Å². The third kappa shape index (κ3) is 2.62. The van der Waals surface area contributed by atoms with E-state index >= 15 is 0 Å². The Hall–Kier alpha value is -1.28. The minimum atomic E-state index is -5.41. The lowest BCUT2D eigenvalue weighted by atomic mass is 9.82. The number of sulfone groups is 1. The van der Waals surface area contributed by atoms with Crippen LogP contribution in [-0.2, 0) is 9.84 Å². The van der Waals surface area contributed by atoms with Crippen molar-refractivity contribution >= 4 is 15.5 Å². The van der Waals surface area contributed by atoms with E-state index in [1.54, 1.807) is 13.8 Å². The zero-order valence-corrected chi connectivity index (χ0v) is 12.4. The quantitative estimate of drug-likeness (QED) is 0.926. The van der Waals surface area contributed by atoms with Crippen molar-refractivity contribution in [2.75, 3.05) is 18.0 Å². The molecule has 2 rings (SSSR count). The fourth-order valence-corrected chi connectivity index (χ4v) is 3.20. The highest BCUT2D eigenvalue weighted by molar-refractivity contribution is 7.92. The molecular weight excluding hydrogens is 307 g/mol. The number of rotatable bonds is 3. The van der Waals surface area contributed by atoms with Gasteiger partial charge in [-0.3, -0.25) is 0 Å². The van der Waals surface area contributed by atoms with Gasteiger partial charge in [0, 0.05) is 13.1 Å². The highest BCUT2D eigenvalue weighted by Crippen LogP contribution is 2.40. The summed E-state index contributed by atoms with van der Waals surface area (Å²) in [6.45, 7) is 3.81. The number of para-hydroxylation sites is 1.